The molecule has 3 aromatic carbocycles. The fourth-order valence-electron chi connectivity index (χ4n) is 3.15. The summed E-state index contributed by atoms with van der Waals surface area (Å²) < 4.78 is 2.31. The van der Waals surface area contributed by atoms with E-state index >= 15 is 0 Å². The summed E-state index contributed by atoms with van der Waals surface area (Å²) in [6.45, 7) is 5.07. The number of nitrogens with zero attached hydrogens (tertiary/aromatic N) is 2. The van der Waals surface area contributed by atoms with Crippen molar-refractivity contribution in [2.24, 2.45) is 0 Å². The van der Waals surface area contributed by atoms with Gasteiger partial charge < -0.3 is 4.57 Å². The Kier molecular flexibility index (Phi) is 3.66. The Morgan fingerprint density at radius 1 is 0.792 bits per heavy atom. The van der Waals surface area contributed by atoms with E-state index in [4.69, 9.17) is 4.98 Å². The van der Waals surface area contributed by atoms with Gasteiger partial charge in [0.25, 0.3) is 0 Å². The summed E-state index contributed by atoms with van der Waals surface area (Å²) >= 11 is 0. The summed E-state index contributed by atoms with van der Waals surface area (Å²) in [4.78, 5) is 4.89. The van der Waals surface area contributed by atoms with Crippen LogP contribution in [0.4, 0.5) is 0 Å². The molecule has 0 fully saturated rings. The van der Waals surface area contributed by atoms with Crippen LogP contribution < -0.4 is 0 Å². The average molecular weight is 312 g/mol. The number of hydrogen-bond acceptors (Lipinski definition) is 1. The number of hydrogen-bond donors (Lipinski definition) is 0. The summed E-state index contributed by atoms with van der Waals surface area (Å²) in [5, 5.41) is 0. The summed E-state index contributed by atoms with van der Waals surface area (Å²) in [5.41, 5.74) is 7.22. The monoisotopic (exact) mass is 312 g/mol. The fourth-order valence-corrected chi connectivity index (χ4v) is 3.15. The second-order valence-electron chi connectivity index (χ2n) is 6.37. The molecule has 0 amide bonds. The number of para-hydroxylation sites is 2. The standard InChI is InChI=1S/C22H20N2/c1-16-10-12-19(13-11-16)22-23-20-8-3-4-9-21(20)24(22)15-18-7-5-6-17(2)14-18/h3-14H,15H2,1-2H3. The van der Waals surface area contributed by atoms with Gasteiger partial charge in [-0.05, 0) is 31.5 Å². The normalized spacial score (nSPS) is 11.1. The smallest absolute Gasteiger partial charge is 0.141 e. The molecule has 0 spiro atoms. The van der Waals surface area contributed by atoms with E-state index in [9.17, 15) is 0 Å². The topological polar surface area (TPSA) is 17.8 Å². The van der Waals surface area contributed by atoms with Crippen LogP contribution in [0.2, 0.25) is 0 Å². The molecule has 4 aromatic rings. The summed E-state index contributed by atoms with van der Waals surface area (Å²) in [5.74, 6) is 1.03. The van der Waals surface area contributed by atoms with Crippen LogP contribution in [0.15, 0.2) is 72.8 Å². The van der Waals surface area contributed by atoms with E-state index in [1.165, 1.54) is 22.2 Å². The van der Waals surface area contributed by atoms with Gasteiger partial charge in [-0.2, -0.15) is 0 Å². The molecule has 0 saturated heterocycles. The van der Waals surface area contributed by atoms with Gasteiger partial charge in [0.1, 0.15) is 5.82 Å². The lowest BCUT2D eigenvalue weighted by atomic mass is 10.1. The van der Waals surface area contributed by atoms with Crippen LogP contribution in [0.1, 0.15) is 16.7 Å². The van der Waals surface area contributed by atoms with Crippen molar-refractivity contribution in [1.82, 2.24) is 9.55 Å². The van der Waals surface area contributed by atoms with Gasteiger partial charge in [-0.25, -0.2) is 4.98 Å². The minimum Gasteiger partial charge on any atom is -0.319 e. The lowest BCUT2D eigenvalue weighted by Crippen LogP contribution is -2.02. The highest BCUT2D eigenvalue weighted by atomic mass is 15.1. The maximum absolute atomic E-state index is 4.89. The average Bonchev–Trinajstić information content (AvgIpc) is 2.94. The number of imidazole rings is 1. The maximum atomic E-state index is 4.89. The predicted octanol–water partition coefficient (Wildman–Crippen LogP) is 5.37. The minimum atomic E-state index is 0.825. The highest BCUT2D eigenvalue weighted by Crippen LogP contribution is 2.26. The van der Waals surface area contributed by atoms with Crippen molar-refractivity contribution in [3.8, 4) is 11.4 Å². The van der Waals surface area contributed by atoms with E-state index in [2.05, 4.69) is 85.1 Å². The van der Waals surface area contributed by atoms with Gasteiger partial charge in [0, 0.05) is 12.1 Å². The number of aryl methyl sites for hydroxylation is 2. The van der Waals surface area contributed by atoms with Gasteiger partial charge >= 0.3 is 0 Å². The summed E-state index contributed by atoms with van der Waals surface area (Å²) in [6.07, 6.45) is 0. The Bertz CT molecular complexity index is 994. The van der Waals surface area contributed by atoms with Gasteiger partial charge in [-0.15, -0.1) is 0 Å². The van der Waals surface area contributed by atoms with Crippen molar-refractivity contribution in [3.63, 3.8) is 0 Å². The first-order chi connectivity index (χ1) is 11.7. The molecule has 0 bridgehead atoms. The van der Waals surface area contributed by atoms with E-state index in [0.29, 0.717) is 0 Å². The first-order valence-corrected chi connectivity index (χ1v) is 8.28. The van der Waals surface area contributed by atoms with Crippen molar-refractivity contribution in [2.75, 3.05) is 0 Å². The van der Waals surface area contributed by atoms with Crippen LogP contribution in [0.5, 0.6) is 0 Å². The van der Waals surface area contributed by atoms with Crippen molar-refractivity contribution in [1.29, 1.82) is 0 Å². The van der Waals surface area contributed by atoms with Gasteiger partial charge in [-0.3, -0.25) is 0 Å². The Morgan fingerprint density at radius 3 is 2.38 bits per heavy atom. The van der Waals surface area contributed by atoms with Crippen LogP contribution in [0, 0.1) is 13.8 Å². The van der Waals surface area contributed by atoms with E-state index in [0.717, 1.165) is 23.4 Å². The minimum absolute atomic E-state index is 0.825. The lowest BCUT2D eigenvalue weighted by Gasteiger charge is -2.10. The second-order valence-corrected chi connectivity index (χ2v) is 6.37. The molecule has 0 unspecified atom stereocenters. The third-order valence-electron chi connectivity index (χ3n) is 4.39. The lowest BCUT2D eigenvalue weighted by molar-refractivity contribution is 0.833. The van der Waals surface area contributed by atoms with E-state index < -0.39 is 0 Å². The Hall–Kier alpha value is -2.87. The first-order valence-electron chi connectivity index (χ1n) is 8.28. The van der Waals surface area contributed by atoms with E-state index in [1.807, 2.05) is 6.07 Å². The number of fused-ring (bicyclic) bond motifs is 1. The third-order valence-corrected chi connectivity index (χ3v) is 4.39. The fraction of sp³-hybridized carbons (Fsp3) is 0.136. The van der Waals surface area contributed by atoms with Gasteiger partial charge in [0.15, 0.2) is 0 Å². The van der Waals surface area contributed by atoms with Crippen LogP contribution in [-0.4, -0.2) is 9.55 Å². The maximum Gasteiger partial charge on any atom is 0.141 e. The molecule has 1 heterocycles. The van der Waals surface area contributed by atoms with Crippen molar-refractivity contribution in [3.05, 3.63) is 89.5 Å². The SMILES string of the molecule is Cc1ccc(-c2nc3ccccc3n2Cc2cccc(C)c2)cc1. The van der Waals surface area contributed by atoms with Gasteiger partial charge in [0.05, 0.1) is 11.0 Å². The molecule has 0 aliphatic carbocycles. The molecule has 4 rings (SSSR count). The quantitative estimate of drug-likeness (QED) is 0.497. The second kappa shape index (κ2) is 5.97. The molecule has 1 aromatic heterocycles. The van der Waals surface area contributed by atoms with Gasteiger partial charge in [-0.1, -0.05) is 71.8 Å². The van der Waals surface area contributed by atoms with Crippen LogP contribution in [-0.2, 0) is 6.54 Å². The molecule has 0 saturated carbocycles. The van der Waals surface area contributed by atoms with Crippen molar-refractivity contribution < 1.29 is 0 Å². The van der Waals surface area contributed by atoms with Crippen LogP contribution in [0.25, 0.3) is 22.4 Å². The zero-order valence-electron chi connectivity index (χ0n) is 14.0. The highest BCUT2D eigenvalue weighted by Gasteiger charge is 2.12. The number of rotatable bonds is 3. The highest BCUT2D eigenvalue weighted by molar-refractivity contribution is 5.80. The number of benzene rings is 3. The summed E-state index contributed by atoms with van der Waals surface area (Å²) in [6, 6.07) is 25.6. The molecular weight excluding hydrogens is 292 g/mol. The zero-order chi connectivity index (χ0) is 16.5. The summed E-state index contributed by atoms with van der Waals surface area (Å²) in [7, 11) is 0. The molecule has 0 N–H and O–H groups in total. The molecular formula is C22H20N2. The predicted molar refractivity (Wildman–Crippen MR) is 100 cm³/mol. The molecule has 118 valence electrons. The van der Waals surface area contributed by atoms with Gasteiger partial charge in [0.2, 0.25) is 0 Å². The molecule has 0 aliphatic rings. The van der Waals surface area contributed by atoms with E-state index in [1.54, 1.807) is 0 Å². The molecule has 24 heavy (non-hydrogen) atoms. The third kappa shape index (κ3) is 2.71. The molecule has 2 heteroatoms. The van der Waals surface area contributed by atoms with Crippen LogP contribution in [0.3, 0.4) is 0 Å². The molecule has 2 nitrogen and oxygen atoms in total. The van der Waals surface area contributed by atoms with Crippen molar-refractivity contribution in [2.45, 2.75) is 20.4 Å². The molecule has 0 aliphatic heterocycles. The molecule has 0 atom stereocenters. The Labute approximate surface area is 142 Å². The van der Waals surface area contributed by atoms with Crippen molar-refractivity contribution >= 4 is 11.0 Å². The Balaban J connectivity index is 1.88. The van der Waals surface area contributed by atoms with E-state index in [-0.39, 0.29) is 0 Å². The number of aromatic nitrogens is 2. The first kappa shape index (κ1) is 14.7. The van der Waals surface area contributed by atoms with Crippen LogP contribution >= 0.6 is 0 Å². The largest absolute Gasteiger partial charge is 0.319 e. The Morgan fingerprint density at radius 2 is 1.58 bits per heavy atom. The molecule has 0 radical (unpaired) electrons. The zero-order valence-corrected chi connectivity index (χ0v) is 14.0.